The van der Waals surface area contributed by atoms with Crippen LogP contribution in [-0.4, -0.2) is 35.4 Å². The van der Waals surface area contributed by atoms with Crippen molar-refractivity contribution in [3.63, 3.8) is 0 Å². The number of amides is 3. The molecule has 0 bridgehead atoms. The first-order valence-corrected chi connectivity index (χ1v) is 5.95. The molecule has 2 atom stereocenters. The Labute approximate surface area is 93.1 Å². The van der Waals surface area contributed by atoms with Crippen LogP contribution in [0, 0.1) is 0 Å². The predicted molar refractivity (Wildman–Crippen MR) is 59.8 cm³/mol. The first kappa shape index (κ1) is 13.6. The molecule has 3 amide bonds. The van der Waals surface area contributed by atoms with Gasteiger partial charge in [0, 0.05) is 11.8 Å². The minimum Gasteiger partial charge on any atom is -0.337 e. The van der Waals surface area contributed by atoms with Gasteiger partial charge in [-0.25, -0.2) is 4.79 Å². The maximum absolute atomic E-state index is 11.1. The molecule has 2 unspecified atom stereocenters. The number of nitrogens with one attached hydrogen (secondary N) is 2. The third-order valence-corrected chi connectivity index (χ3v) is 2.72. The lowest BCUT2D eigenvalue weighted by molar-refractivity contribution is -0.119. The van der Waals surface area contributed by atoms with Crippen molar-refractivity contribution < 1.29 is 9.59 Å². The molecule has 0 heterocycles. The molecule has 0 aliphatic carbocycles. The fraction of sp³-hybridized carbons (Fsp3) is 0.750. The first-order valence-electron chi connectivity index (χ1n) is 4.23. The van der Waals surface area contributed by atoms with Crippen LogP contribution in [0.3, 0.4) is 0 Å². The zero-order valence-electron chi connectivity index (χ0n) is 8.46. The molecule has 6 heteroatoms. The average molecular weight is 239 g/mol. The van der Waals surface area contributed by atoms with E-state index in [-0.39, 0.29) is 0 Å². The number of rotatable bonds is 4. The number of carbonyl (C=O) groups is 2. The fourth-order valence-electron chi connectivity index (χ4n) is 0.575. The number of thioether (sulfide) groups is 1. The highest BCUT2D eigenvalue weighted by atomic mass is 35.5. The van der Waals surface area contributed by atoms with Crippen LogP contribution < -0.4 is 10.6 Å². The molecule has 0 aliphatic heterocycles. The molecular weight excluding hydrogens is 224 g/mol. The summed E-state index contributed by atoms with van der Waals surface area (Å²) < 4.78 is 0. The van der Waals surface area contributed by atoms with Gasteiger partial charge < -0.3 is 5.32 Å². The molecule has 0 aromatic heterocycles. The Morgan fingerprint density at radius 1 is 1.43 bits per heavy atom. The Kier molecular flexibility index (Phi) is 6.74. The minimum atomic E-state index is -0.696. The Hall–Kier alpha value is -0.420. The summed E-state index contributed by atoms with van der Waals surface area (Å²) in [5.74, 6) is -0.485. The molecule has 2 N–H and O–H groups in total. The van der Waals surface area contributed by atoms with Crippen LogP contribution in [0.25, 0.3) is 0 Å². The standard InChI is InChI=1S/C8H15ClN2O2S/c1-5(14-3)4-10-8(13)11-7(12)6(2)9/h5-6H,4H2,1-3H3,(H2,10,11,12,13). The highest BCUT2D eigenvalue weighted by Gasteiger charge is 2.12. The van der Waals surface area contributed by atoms with Crippen molar-refractivity contribution in [2.45, 2.75) is 24.5 Å². The molecule has 0 saturated heterocycles. The van der Waals surface area contributed by atoms with Crippen LogP contribution in [0.2, 0.25) is 0 Å². The lowest BCUT2D eigenvalue weighted by atomic mass is 10.4. The molecule has 0 fully saturated rings. The number of carbonyl (C=O) groups excluding carboxylic acids is 2. The van der Waals surface area contributed by atoms with Crippen molar-refractivity contribution in [2.75, 3.05) is 12.8 Å². The van der Waals surface area contributed by atoms with E-state index in [4.69, 9.17) is 11.6 Å². The Morgan fingerprint density at radius 3 is 2.43 bits per heavy atom. The molecule has 0 aliphatic rings. The SMILES string of the molecule is CSC(C)CNC(=O)NC(=O)C(C)Cl. The van der Waals surface area contributed by atoms with E-state index in [1.54, 1.807) is 11.8 Å². The zero-order valence-corrected chi connectivity index (χ0v) is 10.0. The lowest BCUT2D eigenvalue weighted by Crippen LogP contribution is -2.43. The molecular formula is C8H15ClN2O2S. The Morgan fingerprint density at radius 2 is 2.00 bits per heavy atom. The Balaban J connectivity index is 3.71. The van der Waals surface area contributed by atoms with Gasteiger partial charge in [-0.05, 0) is 13.2 Å². The molecule has 0 aromatic carbocycles. The number of hydrogen-bond acceptors (Lipinski definition) is 3. The van der Waals surface area contributed by atoms with Crippen molar-refractivity contribution >= 4 is 35.3 Å². The molecule has 0 rings (SSSR count). The van der Waals surface area contributed by atoms with Gasteiger partial charge in [0.2, 0.25) is 5.91 Å². The molecule has 0 spiro atoms. The molecule has 0 radical (unpaired) electrons. The highest BCUT2D eigenvalue weighted by molar-refractivity contribution is 7.99. The van der Waals surface area contributed by atoms with Crippen LogP contribution in [0.15, 0.2) is 0 Å². The summed E-state index contributed by atoms with van der Waals surface area (Å²) in [7, 11) is 0. The smallest absolute Gasteiger partial charge is 0.321 e. The summed E-state index contributed by atoms with van der Waals surface area (Å²) in [4.78, 5) is 22.0. The van der Waals surface area contributed by atoms with Crippen molar-refractivity contribution in [1.29, 1.82) is 0 Å². The van der Waals surface area contributed by atoms with Crippen molar-refractivity contribution in [1.82, 2.24) is 10.6 Å². The van der Waals surface area contributed by atoms with Gasteiger partial charge in [0.15, 0.2) is 0 Å². The van der Waals surface area contributed by atoms with Crippen LogP contribution >= 0.6 is 23.4 Å². The van der Waals surface area contributed by atoms with Crippen LogP contribution in [0.4, 0.5) is 4.79 Å². The molecule has 4 nitrogen and oxygen atoms in total. The number of hydrogen-bond donors (Lipinski definition) is 2. The van der Waals surface area contributed by atoms with E-state index < -0.39 is 17.3 Å². The third kappa shape index (κ3) is 6.10. The topological polar surface area (TPSA) is 58.2 Å². The van der Waals surface area contributed by atoms with E-state index in [1.807, 2.05) is 13.2 Å². The maximum Gasteiger partial charge on any atom is 0.321 e. The van der Waals surface area contributed by atoms with Crippen LogP contribution in [0.1, 0.15) is 13.8 Å². The van der Waals surface area contributed by atoms with Gasteiger partial charge in [0.1, 0.15) is 5.38 Å². The van der Waals surface area contributed by atoms with Gasteiger partial charge in [-0.2, -0.15) is 11.8 Å². The summed E-state index contributed by atoms with van der Waals surface area (Å²) in [5, 5.41) is 4.33. The number of alkyl halides is 1. The minimum absolute atomic E-state index is 0.323. The maximum atomic E-state index is 11.1. The lowest BCUT2D eigenvalue weighted by Gasteiger charge is -2.10. The largest absolute Gasteiger partial charge is 0.337 e. The van der Waals surface area contributed by atoms with Crippen molar-refractivity contribution in [3.05, 3.63) is 0 Å². The van der Waals surface area contributed by atoms with Gasteiger partial charge in [-0.15, -0.1) is 11.6 Å². The quantitative estimate of drug-likeness (QED) is 0.724. The van der Waals surface area contributed by atoms with Gasteiger partial charge in [-0.3, -0.25) is 10.1 Å². The van der Waals surface area contributed by atoms with Gasteiger partial charge in [0.05, 0.1) is 0 Å². The second-order valence-electron chi connectivity index (χ2n) is 2.86. The van der Waals surface area contributed by atoms with Crippen molar-refractivity contribution in [2.24, 2.45) is 0 Å². The Bertz CT molecular complexity index is 212. The normalized spacial score (nSPS) is 14.3. The zero-order chi connectivity index (χ0) is 11.1. The van der Waals surface area contributed by atoms with E-state index in [1.165, 1.54) is 6.92 Å². The van der Waals surface area contributed by atoms with Crippen LogP contribution in [-0.2, 0) is 4.79 Å². The summed E-state index contributed by atoms with van der Waals surface area (Å²) >= 11 is 7.10. The number of halogens is 1. The van der Waals surface area contributed by atoms with E-state index in [0.29, 0.717) is 11.8 Å². The van der Waals surface area contributed by atoms with E-state index in [0.717, 1.165) is 0 Å². The summed E-state index contributed by atoms with van der Waals surface area (Å²) in [5.41, 5.74) is 0. The number of imide groups is 1. The number of urea groups is 1. The van der Waals surface area contributed by atoms with Gasteiger partial charge in [0.25, 0.3) is 0 Å². The molecule has 14 heavy (non-hydrogen) atoms. The average Bonchev–Trinajstić information content (AvgIpc) is 2.13. The van der Waals surface area contributed by atoms with Crippen LogP contribution in [0.5, 0.6) is 0 Å². The predicted octanol–water partition coefficient (Wildman–Crippen LogP) is 1.19. The molecule has 0 saturated carbocycles. The summed E-state index contributed by atoms with van der Waals surface area (Å²) in [6, 6.07) is -0.497. The van der Waals surface area contributed by atoms with E-state index >= 15 is 0 Å². The van der Waals surface area contributed by atoms with Crippen molar-refractivity contribution in [3.8, 4) is 0 Å². The molecule has 82 valence electrons. The second kappa shape index (κ2) is 6.95. The van der Waals surface area contributed by atoms with E-state index in [2.05, 4.69) is 10.6 Å². The summed E-state index contributed by atoms with van der Waals surface area (Å²) in [6.07, 6.45) is 1.95. The van der Waals surface area contributed by atoms with E-state index in [9.17, 15) is 9.59 Å². The molecule has 0 aromatic rings. The monoisotopic (exact) mass is 238 g/mol. The van der Waals surface area contributed by atoms with Gasteiger partial charge in [-0.1, -0.05) is 6.92 Å². The third-order valence-electron chi connectivity index (χ3n) is 1.55. The fourth-order valence-corrected chi connectivity index (χ4v) is 0.880. The highest BCUT2D eigenvalue weighted by Crippen LogP contribution is 2.02. The summed E-state index contributed by atoms with van der Waals surface area (Å²) in [6.45, 7) is 4.02. The van der Waals surface area contributed by atoms with Gasteiger partial charge >= 0.3 is 6.03 Å². The second-order valence-corrected chi connectivity index (χ2v) is 4.79. The first-order chi connectivity index (χ1) is 6.47.